The van der Waals surface area contributed by atoms with Crippen molar-refractivity contribution in [2.75, 3.05) is 20.3 Å². The average Bonchev–Trinajstić information content (AvgIpc) is 2.73. The van der Waals surface area contributed by atoms with Gasteiger partial charge in [-0.05, 0) is 18.2 Å². The predicted octanol–water partition coefficient (Wildman–Crippen LogP) is 1.74. The number of carbonyl (C=O) groups is 1. The number of ether oxygens (including phenoxy) is 2. The van der Waals surface area contributed by atoms with Gasteiger partial charge in [0.05, 0.1) is 17.7 Å². The number of methoxy groups -OCH3 is 1. The Bertz CT molecular complexity index is 490. The molecule has 84 valence electrons. The maximum Gasteiger partial charge on any atom is 0.340 e. The molecule has 0 radical (unpaired) electrons. The van der Waals surface area contributed by atoms with Crippen LogP contribution in [0.25, 0.3) is 5.52 Å². The lowest BCUT2D eigenvalue weighted by molar-refractivity contribution is 0.0390. The van der Waals surface area contributed by atoms with Crippen LogP contribution in [0.2, 0.25) is 0 Å². The highest BCUT2D eigenvalue weighted by molar-refractivity contribution is 5.97. The molecule has 0 unspecified atom stereocenters. The summed E-state index contributed by atoms with van der Waals surface area (Å²) >= 11 is 0. The van der Waals surface area contributed by atoms with E-state index >= 15 is 0 Å². The number of nitrogens with zero attached hydrogens (tertiary/aromatic N) is 1. The van der Waals surface area contributed by atoms with Crippen molar-refractivity contribution in [1.82, 2.24) is 4.40 Å². The fourth-order valence-electron chi connectivity index (χ4n) is 1.52. The van der Waals surface area contributed by atoms with Gasteiger partial charge in [-0.15, -0.1) is 0 Å². The number of hydrogen-bond acceptors (Lipinski definition) is 3. The van der Waals surface area contributed by atoms with Crippen LogP contribution in [-0.2, 0) is 9.47 Å². The minimum Gasteiger partial charge on any atom is -0.460 e. The molecule has 4 heteroatoms. The van der Waals surface area contributed by atoms with Gasteiger partial charge < -0.3 is 13.9 Å². The highest BCUT2D eigenvalue weighted by atomic mass is 16.6. The Morgan fingerprint density at radius 1 is 1.25 bits per heavy atom. The predicted molar refractivity (Wildman–Crippen MR) is 59.6 cm³/mol. The zero-order valence-electron chi connectivity index (χ0n) is 9.05. The summed E-state index contributed by atoms with van der Waals surface area (Å²) in [6.07, 6.45) is 3.73. The molecule has 0 amide bonds. The van der Waals surface area contributed by atoms with Crippen LogP contribution in [0, 0.1) is 0 Å². The van der Waals surface area contributed by atoms with Crippen LogP contribution in [-0.4, -0.2) is 30.7 Å². The minimum absolute atomic E-state index is 0.277. The van der Waals surface area contributed by atoms with Gasteiger partial charge in [-0.2, -0.15) is 0 Å². The van der Waals surface area contributed by atoms with Crippen LogP contribution >= 0.6 is 0 Å². The van der Waals surface area contributed by atoms with E-state index in [1.54, 1.807) is 13.2 Å². The van der Waals surface area contributed by atoms with Crippen LogP contribution in [0.5, 0.6) is 0 Å². The van der Waals surface area contributed by atoms with Crippen molar-refractivity contribution in [1.29, 1.82) is 0 Å². The summed E-state index contributed by atoms with van der Waals surface area (Å²) < 4.78 is 11.8. The first-order valence-electron chi connectivity index (χ1n) is 5.04. The van der Waals surface area contributed by atoms with Gasteiger partial charge in [0.2, 0.25) is 0 Å². The fourth-order valence-corrected chi connectivity index (χ4v) is 1.52. The fraction of sp³-hybridized carbons (Fsp3) is 0.250. The number of pyridine rings is 1. The summed E-state index contributed by atoms with van der Waals surface area (Å²) in [7, 11) is 1.57. The monoisotopic (exact) mass is 219 g/mol. The number of aromatic nitrogens is 1. The average molecular weight is 219 g/mol. The molecular formula is C12H13NO3. The van der Waals surface area contributed by atoms with Crippen molar-refractivity contribution in [3.63, 3.8) is 0 Å². The maximum atomic E-state index is 11.7. The molecule has 16 heavy (non-hydrogen) atoms. The Kier molecular flexibility index (Phi) is 3.22. The van der Waals surface area contributed by atoms with Crippen molar-refractivity contribution in [3.8, 4) is 0 Å². The Morgan fingerprint density at radius 2 is 2.12 bits per heavy atom. The van der Waals surface area contributed by atoms with E-state index in [1.165, 1.54) is 0 Å². The van der Waals surface area contributed by atoms with Crippen molar-refractivity contribution in [3.05, 3.63) is 42.2 Å². The van der Waals surface area contributed by atoms with Crippen molar-refractivity contribution >= 4 is 11.5 Å². The van der Waals surface area contributed by atoms with Gasteiger partial charge in [-0.1, -0.05) is 6.07 Å². The first kappa shape index (κ1) is 10.7. The first-order chi connectivity index (χ1) is 7.83. The van der Waals surface area contributed by atoms with Crippen LogP contribution < -0.4 is 0 Å². The molecule has 2 heterocycles. The molecule has 0 saturated heterocycles. The van der Waals surface area contributed by atoms with Gasteiger partial charge in [-0.25, -0.2) is 4.79 Å². The van der Waals surface area contributed by atoms with E-state index in [1.807, 2.05) is 35.0 Å². The number of hydrogen-bond donors (Lipinski definition) is 0. The van der Waals surface area contributed by atoms with Gasteiger partial charge in [0, 0.05) is 19.5 Å². The van der Waals surface area contributed by atoms with E-state index < -0.39 is 0 Å². The van der Waals surface area contributed by atoms with Crippen molar-refractivity contribution in [2.24, 2.45) is 0 Å². The summed E-state index contributed by atoms with van der Waals surface area (Å²) in [6.45, 7) is 0.691. The molecular weight excluding hydrogens is 206 g/mol. The second kappa shape index (κ2) is 4.81. The highest BCUT2D eigenvalue weighted by Crippen LogP contribution is 2.13. The third-order valence-corrected chi connectivity index (χ3v) is 2.31. The smallest absolute Gasteiger partial charge is 0.340 e. The number of esters is 1. The molecule has 0 aliphatic heterocycles. The molecule has 0 atom stereocenters. The van der Waals surface area contributed by atoms with Crippen LogP contribution in [0.15, 0.2) is 36.7 Å². The Morgan fingerprint density at radius 3 is 2.94 bits per heavy atom. The van der Waals surface area contributed by atoms with Crippen LogP contribution in [0.3, 0.4) is 0 Å². The van der Waals surface area contributed by atoms with E-state index in [4.69, 9.17) is 9.47 Å². The van der Waals surface area contributed by atoms with E-state index in [0.29, 0.717) is 12.2 Å². The van der Waals surface area contributed by atoms with E-state index in [-0.39, 0.29) is 12.6 Å². The third-order valence-electron chi connectivity index (χ3n) is 2.31. The van der Waals surface area contributed by atoms with Gasteiger partial charge >= 0.3 is 5.97 Å². The van der Waals surface area contributed by atoms with Gasteiger partial charge in [0.25, 0.3) is 0 Å². The number of carbonyl (C=O) groups excluding carboxylic acids is 1. The molecule has 2 aromatic heterocycles. The highest BCUT2D eigenvalue weighted by Gasteiger charge is 2.11. The third kappa shape index (κ3) is 2.06. The lowest BCUT2D eigenvalue weighted by atomic mass is 10.2. The van der Waals surface area contributed by atoms with Crippen LogP contribution in [0.4, 0.5) is 0 Å². The maximum absolute atomic E-state index is 11.7. The zero-order chi connectivity index (χ0) is 11.4. The van der Waals surface area contributed by atoms with E-state index in [0.717, 1.165) is 5.52 Å². The molecule has 2 rings (SSSR count). The first-order valence-corrected chi connectivity index (χ1v) is 5.04. The van der Waals surface area contributed by atoms with E-state index in [2.05, 4.69) is 0 Å². The van der Waals surface area contributed by atoms with E-state index in [9.17, 15) is 4.79 Å². The van der Waals surface area contributed by atoms with Gasteiger partial charge in [-0.3, -0.25) is 0 Å². The zero-order valence-corrected chi connectivity index (χ0v) is 9.05. The molecule has 0 spiro atoms. The topological polar surface area (TPSA) is 39.9 Å². The van der Waals surface area contributed by atoms with Crippen molar-refractivity contribution < 1.29 is 14.3 Å². The second-order valence-corrected chi connectivity index (χ2v) is 3.35. The Labute approximate surface area is 93.4 Å². The molecule has 0 bridgehead atoms. The van der Waals surface area contributed by atoms with Crippen molar-refractivity contribution in [2.45, 2.75) is 0 Å². The summed E-state index contributed by atoms with van der Waals surface area (Å²) in [4.78, 5) is 11.7. The molecule has 0 saturated carbocycles. The SMILES string of the molecule is COCCOC(=O)c1ccn2ccccc12. The quantitative estimate of drug-likeness (QED) is 0.581. The molecule has 0 aliphatic carbocycles. The molecule has 0 N–H and O–H groups in total. The largest absolute Gasteiger partial charge is 0.460 e. The summed E-state index contributed by atoms with van der Waals surface area (Å²) in [5.74, 6) is -0.314. The second-order valence-electron chi connectivity index (χ2n) is 3.35. The van der Waals surface area contributed by atoms with Gasteiger partial charge in [0.1, 0.15) is 6.61 Å². The minimum atomic E-state index is -0.314. The normalized spacial score (nSPS) is 10.6. The molecule has 4 nitrogen and oxygen atoms in total. The summed E-state index contributed by atoms with van der Waals surface area (Å²) in [5, 5.41) is 0. The molecule has 0 aliphatic rings. The molecule has 0 fully saturated rings. The Balaban J connectivity index is 2.17. The number of fused-ring (bicyclic) bond motifs is 1. The standard InChI is InChI=1S/C12H13NO3/c1-15-8-9-16-12(14)10-5-7-13-6-3-2-4-11(10)13/h2-7H,8-9H2,1H3. The summed E-state index contributed by atoms with van der Waals surface area (Å²) in [5.41, 5.74) is 1.43. The molecule has 0 aromatic carbocycles. The lowest BCUT2D eigenvalue weighted by Gasteiger charge is -2.03. The number of rotatable bonds is 4. The van der Waals surface area contributed by atoms with Gasteiger partial charge in [0.15, 0.2) is 0 Å². The van der Waals surface area contributed by atoms with Crippen LogP contribution in [0.1, 0.15) is 10.4 Å². The lowest BCUT2D eigenvalue weighted by Crippen LogP contribution is -2.09. The Hall–Kier alpha value is -1.81. The summed E-state index contributed by atoms with van der Waals surface area (Å²) in [6, 6.07) is 7.44. The molecule has 2 aromatic rings.